The molecule has 0 fully saturated rings. The summed E-state index contributed by atoms with van der Waals surface area (Å²) in [6, 6.07) is 1.68. The summed E-state index contributed by atoms with van der Waals surface area (Å²) in [4.78, 5) is 0. The molecule has 2 rings (SSSR count). The lowest BCUT2D eigenvalue weighted by Crippen LogP contribution is -1.97. The highest BCUT2D eigenvalue weighted by atomic mass is 35.5. The number of aliphatic hydroxyl groups excluding tert-OH is 1. The van der Waals surface area contributed by atoms with Gasteiger partial charge in [-0.05, 0) is 13.0 Å². The highest BCUT2D eigenvalue weighted by Crippen LogP contribution is 2.37. The van der Waals surface area contributed by atoms with Gasteiger partial charge in [-0.3, -0.25) is 4.68 Å². The van der Waals surface area contributed by atoms with Crippen molar-refractivity contribution in [3.63, 3.8) is 0 Å². The van der Waals surface area contributed by atoms with Crippen molar-refractivity contribution in [1.82, 2.24) is 9.78 Å². The molecule has 0 bridgehead atoms. The van der Waals surface area contributed by atoms with Crippen LogP contribution in [0.3, 0.4) is 0 Å². The zero-order valence-electron chi connectivity index (χ0n) is 8.52. The van der Waals surface area contributed by atoms with E-state index < -0.39 is 6.10 Å². The van der Waals surface area contributed by atoms with E-state index in [1.165, 1.54) is 11.3 Å². The van der Waals surface area contributed by atoms with Crippen molar-refractivity contribution in [2.45, 2.75) is 19.6 Å². The van der Waals surface area contributed by atoms with E-state index in [2.05, 4.69) is 5.10 Å². The Kier molecular flexibility index (Phi) is 3.54. The summed E-state index contributed by atoms with van der Waals surface area (Å²) in [7, 11) is 0. The minimum atomic E-state index is -0.767. The summed E-state index contributed by atoms with van der Waals surface area (Å²) in [5.74, 6) is 0. The first-order valence-electron chi connectivity index (χ1n) is 4.77. The molecule has 0 radical (unpaired) electrons. The lowest BCUT2D eigenvalue weighted by molar-refractivity contribution is 0.221. The molecule has 2 aromatic rings. The number of hydrogen-bond acceptors (Lipinski definition) is 3. The molecule has 0 amide bonds. The van der Waals surface area contributed by atoms with Crippen LogP contribution in [0.15, 0.2) is 18.5 Å². The Balaban J connectivity index is 2.31. The summed E-state index contributed by atoms with van der Waals surface area (Å²) in [5.41, 5.74) is 1.35. The zero-order chi connectivity index (χ0) is 11.7. The van der Waals surface area contributed by atoms with E-state index in [0.717, 1.165) is 12.1 Å². The molecule has 0 aliphatic rings. The maximum Gasteiger partial charge on any atom is 0.109 e. The summed E-state index contributed by atoms with van der Waals surface area (Å²) in [6.45, 7) is 2.75. The SMILES string of the molecule is CCn1cc(C(O)c2cc(Cl)sc2Cl)cn1. The fraction of sp³-hybridized carbons (Fsp3) is 0.300. The molecule has 16 heavy (non-hydrogen) atoms. The molecule has 0 spiro atoms. The maximum absolute atomic E-state index is 10.1. The Morgan fingerprint density at radius 3 is 2.81 bits per heavy atom. The van der Waals surface area contributed by atoms with Gasteiger partial charge in [0.2, 0.25) is 0 Å². The Labute approximate surface area is 107 Å². The highest BCUT2D eigenvalue weighted by molar-refractivity contribution is 7.20. The van der Waals surface area contributed by atoms with Crippen LogP contribution in [0, 0.1) is 0 Å². The Morgan fingerprint density at radius 2 is 2.31 bits per heavy atom. The van der Waals surface area contributed by atoms with Crippen molar-refractivity contribution in [3.05, 3.63) is 38.3 Å². The fourth-order valence-corrected chi connectivity index (χ4v) is 2.93. The van der Waals surface area contributed by atoms with Gasteiger partial charge in [0.1, 0.15) is 10.4 Å². The number of hydrogen-bond donors (Lipinski definition) is 1. The standard InChI is InChI=1S/C10H10Cl2N2OS/c1-2-14-5-6(4-13-14)9(15)7-3-8(11)16-10(7)12/h3-5,9,15H,2H2,1H3. The summed E-state index contributed by atoms with van der Waals surface area (Å²) in [6.07, 6.45) is 2.67. The molecular formula is C10H10Cl2N2OS. The third kappa shape index (κ3) is 2.25. The number of nitrogens with zero attached hydrogens (tertiary/aromatic N) is 2. The van der Waals surface area contributed by atoms with Crippen LogP contribution in [0.25, 0.3) is 0 Å². The average Bonchev–Trinajstić information content (AvgIpc) is 2.84. The van der Waals surface area contributed by atoms with Crippen LogP contribution in [0.2, 0.25) is 8.67 Å². The van der Waals surface area contributed by atoms with Crippen molar-refractivity contribution in [2.24, 2.45) is 0 Å². The van der Waals surface area contributed by atoms with Gasteiger partial charge in [-0.25, -0.2) is 0 Å². The largest absolute Gasteiger partial charge is 0.383 e. The van der Waals surface area contributed by atoms with Gasteiger partial charge in [-0.1, -0.05) is 23.2 Å². The molecule has 1 N–H and O–H groups in total. The van der Waals surface area contributed by atoms with E-state index >= 15 is 0 Å². The van der Waals surface area contributed by atoms with Crippen LogP contribution in [0.1, 0.15) is 24.2 Å². The van der Waals surface area contributed by atoms with E-state index in [-0.39, 0.29) is 0 Å². The summed E-state index contributed by atoms with van der Waals surface area (Å²) in [5, 5.41) is 14.2. The lowest BCUT2D eigenvalue weighted by Gasteiger charge is -2.06. The van der Waals surface area contributed by atoms with Crippen LogP contribution in [-0.2, 0) is 6.54 Å². The second kappa shape index (κ2) is 4.75. The van der Waals surface area contributed by atoms with Crippen LogP contribution >= 0.6 is 34.5 Å². The van der Waals surface area contributed by atoms with Crippen LogP contribution in [0.4, 0.5) is 0 Å². The van der Waals surface area contributed by atoms with E-state index in [1.807, 2.05) is 6.92 Å². The van der Waals surface area contributed by atoms with Gasteiger partial charge >= 0.3 is 0 Å². The van der Waals surface area contributed by atoms with Gasteiger partial charge in [0, 0.05) is 23.9 Å². The smallest absolute Gasteiger partial charge is 0.109 e. The molecule has 0 saturated carbocycles. The first-order chi connectivity index (χ1) is 7.61. The Bertz CT molecular complexity index is 495. The van der Waals surface area contributed by atoms with Gasteiger partial charge in [-0.15, -0.1) is 11.3 Å². The predicted molar refractivity (Wildman–Crippen MR) is 66.3 cm³/mol. The van der Waals surface area contributed by atoms with Gasteiger partial charge in [0.25, 0.3) is 0 Å². The van der Waals surface area contributed by atoms with Crippen molar-refractivity contribution < 1.29 is 5.11 Å². The van der Waals surface area contributed by atoms with Crippen LogP contribution in [0.5, 0.6) is 0 Å². The first kappa shape index (κ1) is 11.9. The monoisotopic (exact) mass is 276 g/mol. The second-order valence-corrected chi connectivity index (χ2v) is 5.60. The zero-order valence-corrected chi connectivity index (χ0v) is 10.9. The van der Waals surface area contributed by atoms with E-state index in [0.29, 0.717) is 14.2 Å². The molecule has 6 heteroatoms. The quantitative estimate of drug-likeness (QED) is 0.934. The number of aliphatic hydroxyl groups is 1. The third-order valence-electron chi connectivity index (χ3n) is 2.27. The molecule has 0 saturated heterocycles. The second-order valence-electron chi connectivity index (χ2n) is 3.31. The highest BCUT2D eigenvalue weighted by Gasteiger charge is 2.18. The van der Waals surface area contributed by atoms with Gasteiger partial charge in [0.15, 0.2) is 0 Å². The maximum atomic E-state index is 10.1. The molecule has 1 unspecified atom stereocenters. The molecule has 0 aromatic carbocycles. The lowest BCUT2D eigenvalue weighted by atomic mass is 10.1. The predicted octanol–water partition coefficient (Wildman–Crippen LogP) is 3.35. The average molecular weight is 277 g/mol. The molecule has 2 aromatic heterocycles. The normalized spacial score (nSPS) is 13.0. The summed E-state index contributed by atoms with van der Waals surface area (Å²) >= 11 is 13.1. The molecule has 2 heterocycles. The Morgan fingerprint density at radius 1 is 1.56 bits per heavy atom. The molecule has 86 valence electrons. The van der Waals surface area contributed by atoms with E-state index in [9.17, 15) is 5.11 Å². The topological polar surface area (TPSA) is 38.0 Å². The minimum Gasteiger partial charge on any atom is -0.383 e. The van der Waals surface area contributed by atoms with Gasteiger partial charge in [0.05, 0.1) is 10.5 Å². The number of halogens is 2. The van der Waals surface area contributed by atoms with Crippen molar-refractivity contribution >= 4 is 34.5 Å². The fourth-order valence-electron chi connectivity index (χ4n) is 1.41. The number of aryl methyl sites for hydroxylation is 1. The number of thiophene rings is 1. The Hall–Kier alpha value is -0.550. The van der Waals surface area contributed by atoms with Crippen LogP contribution < -0.4 is 0 Å². The molecular weight excluding hydrogens is 267 g/mol. The summed E-state index contributed by atoms with van der Waals surface area (Å²) < 4.78 is 2.84. The molecule has 3 nitrogen and oxygen atoms in total. The van der Waals surface area contributed by atoms with E-state index in [1.54, 1.807) is 23.1 Å². The third-order valence-corrected chi connectivity index (χ3v) is 3.79. The van der Waals surface area contributed by atoms with Crippen molar-refractivity contribution in [2.75, 3.05) is 0 Å². The van der Waals surface area contributed by atoms with Crippen molar-refractivity contribution in [1.29, 1.82) is 0 Å². The number of rotatable bonds is 3. The molecule has 1 atom stereocenters. The minimum absolute atomic E-state index is 0.516. The van der Waals surface area contributed by atoms with Gasteiger partial charge < -0.3 is 5.11 Å². The van der Waals surface area contributed by atoms with Crippen LogP contribution in [-0.4, -0.2) is 14.9 Å². The molecule has 0 aliphatic heterocycles. The van der Waals surface area contributed by atoms with E-state index in [4.69, 9.17) is 23.2 Å². The van der Waals surface area contributed by atoms with Gasteiger partial charge in [-0.2, -0.15) is 5.10 Å². The molecule has 0 aliphatic carbocycles. The number of aromatic nitrogens is 2. The van der Waals surface area contributed by atoms with Crippen molar-refractivity contribution in [3.8, 4) is 0 Å². The first-order valence-corrected chi connectivity index (χ1v) is 6.34.